The second-order valence-electron chi connectivity index (χ2n) is 6.57. The molecule has 1 amide bonds. The van der Waals surface area contributed by atoms with Crippen LogP contribution in [0.5, 0.6) is 5.75 Å². The highest BCUT2D eigenvalue weighted by atomic mass is 32.2. The Hall–Kier alpha value is -2.74. The Balaban J connectivity index is 1.63. The Labute approximate surface area is 168 Å². The number of carbonyl (C=O) groups excluding carboxylic acids is 1. The lowest BCUT2D eigenvalue weighted by Crippen LogP contribution is -2.16. The highest BCUT2D eigenvalue weighted by Gasteiger charge is 2.16. The molecule has 28 heavy (non-hydrogen) atoms. The van der Waals surface area contributed by atoms with Gasteiger partial charge in [-0.1, -0.05) is 37.7 Å². The maximum atomic E-state index is 12.4. The van der Waals surface area contributed by atoms with Crippen LogP contribution in [-0.2, 0) is 11.3 Å². The van der Waals surface area contributed by atoms with Crippen LogP contribution in [0.3, 0.4) is 0 Å². The van der Waals surface area contributed by atoms with Crippen LogP contribution in [0.2, 0.25) is 0 Å². The van der Waals surface area contributed by atoms with Crippen molar-refractivity contribution in [1.29, 1.82) is 0 Å². The van der Waals surface area contributed by atoms with Crippen molar-refractivity contribution in [3.63, 3.8) is 0 Å². The van der Waals surface area contributed by atoms with Gasteiger partial charge in [-0.05, 0) is 37.1 Å². The number of amides is 1. The van der Waals surface area contributed by atoms with Gasteiger partial charge in [0.1, 0.15) is 5.75 Å². The lowest BCUT2D eigenvalue weighted by molar-refractivity contribution is -0.113. The van der Waals surface area contributed by atoms with Crippen molar-refractivity contribution in [1.82, 2.24) is 14.8 Å². The van der Waals surface area contributed by atoms with Gasteiger partial charge >= 0.3 is 0 Å². The summed E-state index contributed by atoms with van der Waals surface area (Å²) in [5.41, 5.74) is 0.669. The molecule has 0 saturated carbocycles. The van der Waals surface area contributed by atoms with E-state index in [4.69, 9.17) is 9.15 Å². The number of benzene rings is 1. The summed E-state index contributed by atoms with van der Waals surface area (Å²) < 4.78 is 13.1. The van der Waals surface area contributed by atoms with Crippen molar-refractivity contribution >= 4 is 23.4 Å². The summed E-state index contributed by atoms with van der Waals surface area (Å²) in [4.78, 5) is 12.4. The number of anilines is 1. The van der Waals surface area contributed by atoms with E-state index in [-0.39, 0.29) is 11.7 Å². The molecule has 3 aromatic rings. The molecule has 2 heterocycles. The van der Waals surface area contributed by atoms with Crippen LogP contribution in [0.4, 0.5) is 5.69 Å². The topological polar surface area (TPSA) is 82.2 Å². The normalized spacial score (nSPS) is 11.0. The SMILES string of the molecule is CCn1c(SCC(=O)Nc2ccccc2OCC(C)C)nnc1-c1ccco1. The minimum atomic E-state index is -0.129. The highest BCUT2D eigenvalue weighted by Crippen LogP contribution is 2.26. The number of ether oxygens (including phenoxy) is 1. The Morgan fingerprint density at radius 2 is 2.07 bits per heavy atom. The zero-order valence-corrected chi connectivity index (χ0v) is 17.0. The lowest BCUT2D eigenvalue weighted by atomic mass is 10.2. The van der Waals surface area contributed by atoms with Crippen LogP contribution in [-0.4, -0.2) is 33.0 Å². The molecule has 0 bridgehead atoms. The van der Waals surface area contributed by atoms with E-state index in [0.29, 0.717) is 47.2 Å². The number of hydrogen-bond donors (Lipinski definition) is 1. The first-order valence-corrected chi connectivity index (χ1v) is 10.2. The first-order valence-electron chi connectivity index (χ1n) is 9.20. The fourth-order valence-corrected chi connectivity index (χ4v) is 3.34. The molecule has 0 aliphatic rings. The third kappa shape index (κ3) is 4.95. The number of furan rings is 1. The highest BCUT2D eigenvalue weighted by molar-refractivity contribution is 7.99. The van der Waals surface area contributed by atoms with Crippen LogP contribution in [0.25, 0.3) is 11.6 Å². The molecular weight excluding hydrogens is 376 g/mol. The molecule has 148 valence electrons. The average Bonchev–Trinajstić information content (AvgIpc) is 3.34. The minimum absolute atomic E-state index is 0.129. The van der Waals surface area contributed by atoms with Gasteiger partial charge in [0, 0.05) is 6.54 Å². The predicted octanol–water partition coefficient (Wildman–Crippen LogP) is 4.32. The van der Waals surface area contributed by atoms with E-state index in [9.17, 15) is 4.79 Å². The number of hydrogen-bond acceptors (Lipinski definition) is 6. The molecule has 1 N–H and O–H groups in total. The molecular formula is C20H24N4O3S. The van der Waals surface area contributed by atoms with Crippen molar-refractivity contribution in [2.75, 3.05) is 17.7 Å². The second kappa shape index (κ2) is 9.45. The van der Waals surface area contributed by atoms with Gasteiger partial charge in [0.25, 0.3) is 0 Å². The first kappa shape index (κ1) is 20.0. The lowest BCUT2D eigenvalue weighted by Gasteiger charge is -2.13. The van der Waals surface area contributed by atoms with Crippen molar-refractivity contribution in [3.8, 4) is 17.3 Å². The van der Waals surface area contributed by atoms with E-state index >= 15 is 0 Å². The van der Waals surface area contributed by atoms with Crippen molar-refractivity contribution < 1.29 is 13.9 Å². The fraction of sp³-hybridized carbons (Fsp3) is 0.350. The number of nitrogens with zero attached hydrogens (tertiary/aromatic N) is 3. The largest absolute Gasteiger partial charge is 0.491 e. The molecule has 0 saturated heterocycles. The molecule has 1 aromatic carbocycles. The molecule has 0 aliphatic carbocycles. The summed E-state index contributed by atoms with van der Waals surface area (Å²) in [5.74, 6) is 2.48. The van der Waals surface area contributed by atoms with Crippen molar-refractivity contribution in [2.45, 2.75) is 32.5 Å². The Bertz CT molecular complexity index is 906. The zero-order chi connectivity index (χ0) is 19.9. The molecule has 2 aromatic heterocycles. The smallest absolute Gasteiger partial charge is 0.234 e. The van der Waals surface area contributed by atoms with Gasteiger partial charge in [-0.3, -0.25) is 9.36 Å². The summed E-state index contributed by atoms with van der Waals surface area (Å²) in [5, 5.41) is 12.0. The monoisotopic (exact) mass is 400 g/mol. The number of carbonyl (C=O) groups is 1. The molecule has 0 atom stereocenters. The van der Waals surface area contributed by atoms with E-state index < -0.39 is 0 Å². The third-order valence-corrected chi connectivity index (χ3v) is 4.81. The summed E-state index contributed by atoms with van der Waals surface area (Å²) in [6.07, 6.45) is 1.60. The van der Waals surface area contributed by atoms with E-state index in [1.807, 2.05) is 47.9 Å². The van der Waals surface area contributed by atoms with E-state index in [2.05, 4.69) is 29.4 Å². The molecule has 8 heteroatoms. The van der Waals surface area contributed by atoms with E-state index in [1.54, 1.807) is 6.26 Å². The fourth-order valence-electron chi connectivity index (χ4n) is 2.54. The number of aromatic nitrogens is 3. The van der Waals surface area contributed by atoms with Gasteiger partial charge in [-0.25, -0.2) is 0 Å². The number of para-hydroxylation sites is 2. The standard InChI is InChI=1S/C20H24N4O3S/c1-4-24-19(17-10-7-11-26-17)22-23-20(24)28-13-18(25)21-15-8-5-6-9-16(15)27-12-14(2)3/h5-11,14H,4,12-13H2,1-3H3,(H,21,25). The average molecular weight is 401 g/mol. The quantitative estimate of drug-likeness (QED) is 0.539. The molecule has 0 fully saturated rings. The van der Waals surface area contributed by atoms with E-state index in [1.165, 1.54) is 11.8 Å². The second-order valence-corrected chi connectivity index (χ2v) is 7.51. The number of thioether (sulfide) groups is 1. The Morgan fingerprint density at radius 3 is 2.79 bits per heavy atom. The molecule has 0 spiro atoms. The van der Waals surface area contributed by atoms with Crippen LogP contribution < -0.4 is 10.1 Å². The van der Waals surface area contributed by atoms with Gasteiger partial charge in [0.2, 0.25) is 5.91 Å². The van der Waals surface area contributed by atoms with E-state index in [0.717, 1.165) is 0 Å². The molecule has 0 aliphatic heterocycles. The zero-order valence-electron chi connectivity index (χ0n) is 16.2. The summed E-state index contributed by atoms with van der Waals surface area (Å²) in [6, 6.07) is 11.1. The summed E-state index contributed by atoms with van der Waals surface area (Å²) in [6.45, 7) is 7.44. The summed E-state index contributed by atoms with van der Waals surface area (Å²) >= 11 is 1.34. The Kier molecular flexibility index (Phi) is 6.76. The molecule has 3 rings (SSSR count). The van der Waals surface area contributed by atoms with Crippen LogP contribution in [0, 0.1) is 5.92 Å². The van der Waals surface area contributed by atoms with Gasteiger partial charge in [0.05, 0.1) is 24.3 Å². The third-order valence-electron chi connectivity index (χ3n) is 3.84. The summed E-state index contributed by atoms with van der Waals surface area (Å²) in [7, 11) is 0. The van der Waals surface area contributed by atoms with Crippen LogP contribution in [0.1, 0.15) is 20.8 Å². The maximum absolute atomic E-state index is 12.4. The minimum Gasteiger partial charge on any atom is -0.491 e. The van der Waals surface area contributed by atoms with Gasteiger partial charge in [0.15, 0.2) is 16.7 Å². The Morgan fingerprint density at radius 1 is 1.25 bits per heavy atom. The first-order chi connectivity index (χ1) is 13.6. The molecule has 0 unspecified atom stereocenters. The molecule has 7 nitrogen and oxygen atoms in total. The van der Waals surface area contributed by atoms with Crippen molar-refractivity contribution in [2.24, 2.45) is 5.92 Å². The number of rotatable bonds is 9. The van der Waals surface area contributed by atoms with Crippen LogP contribution in [0.15, 0.2) is 52.2 Å². The molecule has 0 radical (unpaired) electrons. The number of nitrogens with one attached hydrogen (secondary N) is 1. The van der Waals surface area contributed by atoms with Gasteiger partial charge in [-0.15, -0.1) is 10.2 Å². The van der Waals surface area contributed by atoms with Crippen molar-refractivity contribution in [3.05, 3.63) is 42.7 Å². The van der Waals surface area contributed by atoms with Crippen LogP contribution >= 0.6 is 11.8 Å². The van der Waals surface area contributed by atoms with Gasteiger partial charge < -0.3 is 14.5 Å². The predicted molar refractivity (Wildman–Crippen MR) is 110 cm³/mol. The van der Waals surface area contributed by atoms with Gasteiger partial charge in [-0.2, -0.15) is 0 Å². The maximum Gasteiger partial charge on any atom is 0.234 e.